The van der Waals surface area contributed by atoms with Crippen LogP contribution in [0.5, 0.6) is 0 Å². The number of nitrogens with zero attached hydrogens (tertiary/aromatic N) is 5. The highest BCUT2D eigenvalue weighted by Crippen LogP contribution is 2.35. The number of amidine groups is 1. The molecule has 6 nitrogen and oxygen atoms in total. The molecule has 36 heavy (non-hydrogen) atoms. The van der Waals surface area contributed by atoms with Gasteiger partial charge in [0.2, 0.25) is 0 Å². The van der Waals surface area contributed by atoms with Crippen LogP contribution in [0.3, 0.4) is 0 Å². The zero-order chi connectivity index (χ0) is 25.6. The van der Waals surface area contributed by atoms with Gasteiger partial charge in [-0.1, -0.05) is 23.7 Å². The van der Waals surface area contributed by atoms with E-state index in [-0.39, 0.29) is 29.1 Å². The average molecular weight is 534 g/mol. The molecule has 188 valence electrons. The zero-order valence-electron chi connectivity index (χ0n) is 19.6. The smallest absolute Gasteiger partial charge is 0.346 e. The maximum Gasteiger partial charge on any atom is 0.416 e. The Morgan fingerprint density at radius 2 is 2.00 bits per heavy atom. The molecule has 2 aliphatic heterocycles. The first-order chi connectivity index (χ1) is 17.1. The molecule has 1 aromatic heterocycles. The summed E-state index contributed by atoms with van der Waals surface area (Å²) >= 11 is 7.17. The van der Waals surface area contributed by atoms with Gasteiger partial charge in [0.25, 0.3) is 5.91 Å². The Hall–Kier alpha value is -2.82. The van der Waals surface area contributed by atoms with Gasteiger partial charge in [0.15, 0.2) is 5.17 Å². The molecule has 0 aliphatic carbocycles. The van der Waals surface area contributed by atoms with Crippen LogP contribution in [0.25, 0.3) is 17.0 Å². The minimum absolute atomic E-state index is 0.0302. The Morgan fingerprint density at radius 1 is 1.19 bits per heavy atom. The van der Waals surface area contributed by atoms with Crippen molar-refractivity contribution in [2.24, 2.45) is 4.99 Å². The second kappa shape index (κ2) is 9.57. The molecule has 2 aliphatic rings. The number of hydrogen-bond acceptors (Lipinski definition) is 5. The number of benzene rings is 2. The minimum atomic E-state index is -4.52. The molecule has 0 saturated carbocycles. The summed E-state index contributed by atoms with van der Waals surface area (Å²) in [5.41, 5.74) is 0.790. The Kier molecular flexibility index (Phi) is 6.61. The van der Waals surface area contributed by atoms with Gasteiger partial charge in [-0.2, -0.15) is 23.3 Å². The van der Waals surface area contributed by atoms with Gasteiger partial charge >= 0.3 is 6.18 Å². The van der Waals surface area contributed by atoms with E-state index < -0.39 is 11.7 Å². The highest BCUT2D eigenvalue weighted by atomic mass is 35.5. The molecule has 1 atom stereocenters. The van der Waals surface area contributed by atoms with Crippen molar-refractivity contribution in [3.63, 3.8) is 0 Å². The van der Waals surface area contributed by atoms with Crippen LogP contribution in [-0.4, -0.2) is 63.4 Å². The lowest BCUT2D eigenvalue weighted by Gasteiger charge is -2.38. The predicted molar refractivity (Wildman–Crippen MR) is 137 cm³/mol. The third kappa shape index (κ3) is 5.02. The fourth-order valence-electron chi connectivity index (χ4n) is 4.53. The van der Waals surface area contributed by atoms with E-state index in [1.54, 1.807) is 18.3 Å². The van der Waals surface area contributed by atoms with Gasteiger partial charge in [-0.15, -0.1) is 0 Å². The number of amides is 1. The quantitative estimate of drug-likeness (QED) is 0.424. The van der Waals surface area contributed by atoms with E-state index in [0.29, 0.717) is 10.4 Å². The van der Waals surface area contributed by atoms with Crippen molar-refractivity contribution in [2.45, 2.75) is 25.7 Å². The number of likely N-dealkylation sites (N-methyl/N-ethyl adjacent to an activating group) is 1. The highest BCUT2D eigenvalue weighted by molar-refractivity contribution is 8.18. The number of thioether (sulfide) groups is 1. The number of hydrogen-bond donors (Lipinski definition) is 0. The lowest BCUT2D eigenvalue weighted by Crippen LogP contribution is -2.51. The molecule has 1 fully saturated rings. The number of rotatable bonds is 3. The predicted octanol–water partition coefficient (Wildman–Crippen LogP) is 5.36. The molecule has 0 bridgehead atoms. The number of halogens is 4. The first-order valence-corrected chi connectivity index (χ1v) is 12.6. The van der Waals surface area contributed by atoms with Crippen LogP contribution in [0, 0.1) is 0 Å². The van der Waals surface area contributed by atoms with Gasteiger partial charge in [0.1, 0.15) is 0 Å². The summed E-state index contributed by atoms with van der Waals surface area (Å²) < 4.78 is 42.0. The van der Waals surface area contributed by atoms with Gasteiger partial charge in [-0.05, 0) is 67.2 Å². The van der Waals surface area contributed by atoms with Gasteiger partial charge in [0.05, 0.1) is 28.7 Å². The summed E-state index contributed by atoms with van der Waals surface area (Å²) in [6.07, 6.45) is -1.11. The molecule has 0 unspecified atom stereocenters. The van der Waals surface area contributed by atoms with Crippen molar-refractivity contribution in [1.29, 1.82) is 0 Å². The largest absolute Gasteiger partial charge is 0.416 e. The van der Waals surface area contributed by atoms with Gasteiger partial charge in [0, 0.05) is 36.1 Å². The van der Waals surface area contributed by atoms with Crippen molar-refractivity contribution < 1.29 is 18.0 Å². The summed E-state index contributed by atoms with van der Waals surface area (Å²) in [4.78, 5) is 21.8. The molecule has 2 aromatic carbocycles. The molecule has 0 radical (unpaired) electrons. The lowest BCUT2D eigenvalue weighted by molar-refractivity contribution is -0.138. The van der Waals surface area contributed by atoms with Gasteiger partial charge in [-0.3, -0.25) is 9.48 Å². The first-order valence-electron chi connectivity index (χ1n) is 11.4. The Balaban J connectivity index is 1.36. The first kappa shape index (κ1) is 24.9. The van der Waals surface area contributed by atoms with Gasteiger partial charge in [-0.25, -0.2) is 0 Å². The number of piperazine rings is 1. The lowest BCUT2D eigenvalue weighted by atomic mass is 10.1. The van der Waals surface area contributed by atoms with Crippen molar-refractivity contribution in [1.82, 2.24) is 19.6 Å². The Morgan fingerprint density at radius 3 is 2.75 bits per heavy atom. The standard InChI is InChI=1S/C25H23ClF3N5OS/c1-15-13-32(2)7-8-33(15)24-31-23(35)22(36-24)10-16-3-6-21-18(9-16)12-30-34(21)14-17-4-5-19(26)11-20(17)25(27,28)29/h3-6,9-12,15H,7-8,13-14H2,1-2H3/b22-10-/t15-/m1/s1. The van der Waals surface area contributed by atoms with E-state index >= 15 is 0 Å². The molecule has 1 amide bonds. The highest BCUT2D eigenvalue weighted by Gasteiger charge is 2.34. The average Bonchev–Trinajstić information content (AvgIpc) is 3.37. The molecule has 3 aromatic rings. The second-order valence-corrected chi connectivity index (χ2v) is 10.5. The molecule has 5 rings (SSSR count). The molecular weight excluding hydrogens is 511 g/mol. The van der Waals surface area contributed by atoms with Crippen LogP contribution in [0.15, 0.2) is 52.5 Å². The fourth-order valence-corrected chi connectivity index (χ4v) is 5.74. The third-order valence-corrected chi connectivity index (χ3v) is 7.60. The number of aromatic nitrogens is 2. The Bertz CT molecular complexity index is 1400. The van der Waals surface area contributed by atoms with E-state index in [1.165, 1.54) is 28.6 Å². The van der Waals surface area contributed by atoms with Gasteiger partial charge < -0.3 is 9.80 Å². The molecule has 0 N–H and O–H groups in total. The van der Waals surface area contributed by atoms with Crippen molar-refractivity contribution >= 4 is 51.4 Å². The number of fused-ring (bicyclic) bond motifs is 1. The van der Waals surface area contributed by atoms with E-state index in [9.17, 15) is 18.0 Å². The molecule has 0 spiro atoms. The van der Waals surface area contributed by atoms with Crippen LogP contribution >= 0.6 is 23.4 Å². The fraction of sp³-hybridized carbons (Fsp3) is 0.320. The van der Waals surface area contributed by atoms with Crippen molar-refractivity contribution in [2.75, 3.05) is 26.7 Å². The van der Waals surface area contributed by atoms with Crippen LogP contribution in [0.4, 0.5) is 13.2 Å². The maximum absolute atomic E-state index is 13.5. The SMILES string of the molecule is C[C@@H]1CN(C)CCN1C1=NC(=O)/C(=C/c2ccc3c(cnn3Cc3ccc(Cl)cc3C(F)(F)F)c2)S1. The van der Waals surface area contributed by atoms with E-state index in [1.807, 2.05) is 12.1 Å². The van der Waals surface area contributed by atoms with Crippen molar-refractivity contribution in [3.8, 4) is 0 Å². The summed E-state index contributed by atoms with van der Waals surface area (Å²) in [5, 5.41) is 5.82. The number of carbonyl (C=O) groups is 1. The number of aliphatic imine (C=N–C) groups is 1. The second-order valence-electron chi connectivity index (χ2n) is 9.03. The van der Waals surface area contributed by atoms with Crippen LogP contribution in [0.1, 0.15) is 23.6 Å². The summed E-state index contributed by atoms with van der Waals surface area (Å²) in [5.74, 6) is -0.265. The summed E-state index contributed by atoms with van der Waals surface area (Å²) in [7, 11) is 2.08. The van der Waals surface area contributed by atoms with Crippen molar-refractivity contribution in [3.05, 3.63) is 69.2 Å². The Labute approximate surface area is 215 Å². The molecule has 1 saturated heterocycles. The van der Waals surface area contributed by atoms with Crippen LogP contribution in [-0.2, 0) is 17.5 Å². The summed E-state index contributed by atoms with van der Waals surface area (Å²) in [6.45, 7) is 4.72. The minimum Gasteiger partial charge on any atom is -0.346 e. The normalized spacial score (nSPS) is 20.6. The molecular formula is C25H23ClF3N5OS. The maximum atomic E-state index is 13.5. The molecule has 3 heterocycles. The molecule has 11 heteroatoms. The topological polar surface area (TPSA) is 53.7 Å². The zero-order valence-corrected chi connectivity index (χ0v) is 21.2. The van der Waals surface area contributed by atoms with E-state index in [2.05, 4.69) is 33.9 Å². The van der Waals surface area contributed by atoms with E-state index in [0.717, 1.165) is 41.8 Å². The number of alkyl halides is 3. The van der Waals surface area contributed by atoms with Crippen LogP contribution < -0.4 is 0 Å². The van der Waals surface area contributed by atoms with E-state index in [4.69, 9.17) is 11.6 Å². The summed E-state index contributed by atoms with van der Waals surface area (Å²) in [6, 6.07) is 9.50. The van der Waals surface area contributed by atoms with Crippen LogP contribution in [0.2, 0.25) is 5.02 Å². The third-order valence-electron chi connectivity index (χ3n) is 6.35. The number of carbonyl (C=O) groups excluding carboxylic acids is 1. The monoisotopic (exact) mass is 533 g/mol.